The lowest BCUT2D eigenvalue weighted by atomic mass is 9.98. The molecule has 1 aliphatic rings. The summed E-state index contributed by atoms with van der Waals surface area (Å²) in [6.07, 6.45) is -0.562. The number of likely N-dealkylation sites (tertiary alicyclic amines) is 1. The Morgan fingerprint density at radius 2 is 2.13 bits per heavy atom. The molecule has 0 radical (unpaired) electrons. The number of alkyl halides is 2. The van der Waals surface area contributed by atoms with E-state index in [0.29, 0.717) is 25.9 Å². The van der Waals surface area contributed by atoms with E-state index in [1.807, 2.05) is 13.8 Å². The van der Waals surface area contributed by atoms with Gasteiger partial charge in [-0.15, -0.1) is 0 Å². The van der Waals surface area contributed by atoms with Gasteiger partial charge >= 0.3 is 5.97 Å². The van der Waals surface area contributed by atoms with E-state index in [2.05, 4.69) is 5.10 Å². The second kappa shape index (κ2) is 7.06. The highest BCUT2D eigenvalue weighted by atomic mass is 19.3. The van der Waals surface area contributed by atoms with Crippen LogP contribution < -0.4 is 0 Å². The highest BCUT2D eigenvalue weighted by molar-refractivity contribution is 5.94. The minimum Gasteiger partial charge on any atom is -0.481 e. The van der Waals surface area contributed by atoms with Crippen molar-refractivity contribution < 1.29 is 23.5 Å². The predicted molar refractivity (Wildman–Crippen MR) is 78.3 cm³/mol. The first kappa shape index (κ1) is 17.4. The number of aliphatic carboxylic acids is 1. The number of halogens is 2. The summed E-state index contributed by atoms with van der Waals surface area (Å²) in [5.41, 5.74) is -0.667. The minimum atomic E-state index is -2.80. The molecular formula is C15H21F2N3O3. The number of aromatic nitrogens is 2. The Kier molecular flexibility index (Phi) is 5.33. The number of hydrogen-bond donors (Lipinski definition) is 1. The Morgan fingerprint density at radius 3 is 2.70 bits per heavy atom. The molecule has 0 saturated carbocycles. The Balaban J connectivity index is 2.23. The van der Waals surface area contributed by atoms with Crippen LogP contribution in [0.5, 0.6) is 0 Å². The van der Waals surface area contributed by atoms with E-state index < -0.39 is 29.8 Å². The molecule has 0 unspecified atom stereocenters. The Hall–Kier alpha value is -1.99. The van der Waals surface area contributed by atoms with Crippen LogP contribution in [0.4, 0.5) is 8.78 Å². The van der Waals surface area contributed by atoms with Gasteiger partial charge in [0.15, 0.2) is 5.69 Å². The van der Waals surface area contributed by atoms with Crippen molar-refractivity contribution in [3.05, 3.63) is 17.5 Å². The molecule has 1 atom stereocenters. The summed E-state index contributed by atoms with van der Waals surface area (Å²) < 4.78 is 27.7. The number of nitrogens with zero attached hydrogens (tertiary/aromatic N) is 3. The maximum absolute atomic E-state index is 13.2. The molecule has 1 aliphatic heterocycles. The highest BCUT2D eigenvalue weighted by Crippen LogP contribution is 2.25. The van der Waals surface area contributed by atoms with Crippen LogP contribution in [0.15, 0.2) is 6.20 Å². The second-order valence-electron chi connectivity index (χ2n) is 6.28. The number of hydrogen-bond acceptors (Lipinski definition) is 3. The third-order valence-electron chi connectivity index (χ3n) is 3.84. The van der Waals surface area contributed by atoms with Crippen LogP contribution in [-0.2, 0) is 11.3 Å². The molecule has 0 bridgehead atoms. The minimum absolute atomic E-state index is 0.0356. The molecule has 0 aromatic carbocycles. The summed E-state index contributed by atoms with van der Waals surface area (Å²) in [5, 5.41) is 13.1. The van der Waals surface area contributed by atoms with Crippen molar-refractivity contribution in [3.8, 4) is 0 Å². The van der Waals surface area contributed by atoms with Gasteiger partial charge in [0.05, 0.1) is 11.5 Å². The van der Waals surface area contributed by atoms with E-state index >= 15 is 0 Å². The van der Waals surface area contributed by atoms with Crippen LogP contribution in [0.2, 0.25) is 0 Å². The topological polar surface area (TPSA) is 75.4 Å². The maximum atomic E-state index is 13.2. The van der Waals surface area contributed by atoms with E-state index in [-0.39, 0.29) is 18.2 Å². The number of carbonyl (C=O) groups is 2. The fourth-order valence-corrected chi connectivity index (χ4v) is 2.74. The lowest BCUT2D eigenvalue weighted by molar-refractivity contribution is -0.143. The van der Waals surface area contributed by atoms with Crippen LogP contribution in [0.1, 0.15) is 49.2 Å². The number of amides is 1. The van der Waals surface area contributed by atoms with Crippen molar-refractivity contribution in [1.82, 2.24) is 14.7 Å². The van der Waals surface area contributed by atoms with E-state index in [4.69, 9.17) is 5.11 Å². The number of carboxylic acid groups (broad SMARTS) is 1. The van der Waals surface area contributed by atoms with Gasteiger partial charge in [0.25, 0.3) is 12.3 Å². The maximum Gasteiger partial charge on any atom is 0.308 e. The van der Waals surface area contributed by atoms with Crippen molar-refractivity contribution in [2.75, 3.05) is 13.1 Å². The summed E-state index contributed by atoms with van der Waals surface area (Å²) in [6, 6.07) is 0. The zero-order valence-corrected chi connectivity index (χ0v) is 13.2. The number of carboxylic acids is 1. The monoisotopic (exact) mass is 329 g/mol. The number of carbonyl (C=O) groups excluding carboxylic acids is 1. The van der Waals surface area contributed by atoms with Crippen molar-refractivity contribution in [2.45, 2.75) is 39.7 Å². The Morgan fingerprint density at radius 1 is 1.43 bits per heavy atom. The molecule has 23 heavy (non-hydrogen) atoms. The van der Waals surface area contributed by atoms with Crippen molar-refractivity contribution in [3.63, 3.8) is 0 Å². The van der Waals surface area contributed by atoms with Gasteiger partial charge in [-0.2, -0.15) is 5.10 Å². The third-order valence-corrected chi connectivity index (χ3v) is 3.84. The summed E-state index contributed by atoms with van der Waals surface area (Å²) >= 11 is 0. The molecule has 0 spiro atoms. The van der Waals surface area contributed by atoms with Crippen LogP contribution in [0.25, 0.3) is 0 Å². The van der Waals surface area contributed by atoms with Gasteiger partial charge in [-0.05, 0) is 18.8 Å². The van der Waals surface area contributed by atoms with Gasteiger partial charge in [0, 0.05) is 25.8 Å². The second-order valence-corrected chi connectivity index (χ2v) is 6.28. The third kappa shape index (κ3) is 4.05. The van der Waals surface area contributed by atoms with Crippen molar-refractivity contribution in [1.29, 1.82) is 0 Å². The molecule has 1 saturated heterocycles. The van der Waals surface area contributed by atoms with E-state index in [1.54, 1.807) is 0 Å². The largest absolute Gasteiger partial charge is 0.481 e. The summed E-state index contributed by atoms with van der Waals surface area (Å²) in [6.45, 7) is 4.68. The Labute approximate surface area is 133 Å². The fraction of sp³-hybridized carbons (Fsp3) is 0.667. The molecule has 1 amide bonds. The molecule has 1 fully saturated rings. The van der Waals surface area contributed by atoms with E-state index in [0.717, 1.165) is 0 Å². The van der Waals surface area contributed by atoms with Crippen molar-refractivity contribution in [2.24, 2.45) is 11.8 Å². The van der Waals surface area contributed by atoms with Gasteiger partial charge < -0.3 is 10.0 Å². The predicted octanol–water partition coefficient (Wildman–Crippen LogP) is 2.41. The molecule has 6 nitrogen and oxygen atoms in total. The molecule has 128 valence electrons. The lowest BCUT2D eigenvalue weighted by Gasteiger charge is -2.30. The van der Waals surface area contributed by atoms with Crippen molar-refractivity contribution >= 4 is 11.9 Å². The van der Waals surface area contributed by atoms with E-state index in [1.165, 1.54) is 15.8 Å². The SMILES string of the molecule is CC(C)Cn1cc(C(F)F)c(C(=O)N2CCC[C@@H](C(=O)O)C2)n1. The van der Waals surface area contributed by atoms with Crippen LogP contribution >= 0.6 is 0 Å². The van der Waals surface area contributed by atoms with Gasteiger partial charge in [-0.3, -0.25) is 14.3 Å². The molecule has 0 aliphatic carbocycles. The summed E-state index contributed by atoms with van der Waals surface area (Å²) in [5.74, 6) is -2.04. The first-order valence-electron chi connectivity index (χ1n) is 7.67. The van der Waals surface area contributed by atoms with Gasteiger partial charge in [-0.25, -0.2) is 8.78 Å². The Bertz CT molecular complexity index is 587. The average Bonchev–Trinajstić information content (AvgIpc) is 2.89. The molecule has 1 N–H and O–H groups in total. The summed E-state index contributed by atoms with van der Waals surface area (Å²) in [4.78, 5) is 24.9. The van der Waals surface area contributed by atoms with Crippen LogP contribution in [-0.4, -0.2) is 44.8 Å². The summed E-state index contributed by atoms with van der Waals surface area (Å²) in [7, 11) is 0. The molecular weight excluding hydrogens is 308 g/mol. The lowest BCUT2D eigenvalue weighted by Crippen LogP contribution is -2.42. The normalized spacial score (nSPS) is 18.7. The van der Waals surface area contributed by atoms with E-state index in [9.17, 15) is 18.4 Å². The number of rotatable bonds is 5. The molecule has 1 aromatic rings. The average molecular weight is 329 g/mol. The number of piperidine rings is 1. The zero-order valence-electron chi connectivity index (χ0n) is 13.2. The smallest absolute Gasteiger partial charge is 0.308 e. The van der Waals surface area contributed by atoms with Gasteiger partial charge in [-0.1, -0.05) is 13.8 Å². The standard InChI is InChI=1S/C15H21F2N3O3/c1-9(2)6-20-8-11(13(16)17)12(18-20)14(21)19-5-3-4-10(7-19)15(22)23/h8-10,13H,3-7H2,1-2H3,(H,22,23)/t10-/m1/s1. The first-order valence-corrected chi connectivity index (χ1v) is 7.67. The van der Waals surface area contributed by atoms with Gasteiger partial charge in [0.1, 0.15) is 0 Å². The molecule has 2 heterocycles. The van der Waals surface area contributed by atoms with Gasteiger partial charge in [0.2, 0.25) is 0 Å². The highest BCUT2D eigenvalue weighted by Gasteiger charge is 2.32. The molecule has 1 aromatic heterocycles. The van der Waals surface area contributed by atoms with Crippen LogP contribution in [0, 0.1) is 11.8 Å². The quantitative estimate of drug-likeness (QED) is 0.900. The first-order chi connectivity index (χ1) is 10.8. The molecule has 2 rings (SSSR count). The zero-order chi connectivity index (χ0) is 17.1. The van der Waals surface area contributed by atoms with Crippen LogP contribution in [0.3, 0.4) is 0 Å². The molecule has 8 heteroatoms. The fourth-order valence-electron chi connectivity index (χ4n) is 2.74.